The zero-order chi connectivity index (χ0) is 24.0. The molecule has 2 aliphatic heterocycles. The van der Waals surface area contributed by atoms with Gasteiger partial charge in [-0.2, -0.15) is 0 Å². The normalized spacial score (nSPS) is 24.8. The molecule has 0 saturated carbocycles. The highest BCUT2D eigenvalue weighted by atomic mass is 35.5. The number of rotatable bonds is 6. The van der Waals surface area contributed by atoms with Gasteiger partial charge >= 0.3 is 0 Å². The number of hydrogen-bond acceptors (Lipinski definition) is 5. The van der Waals surface area contributed by atoms with Crippen molar-refractivity contribution in [1.82, 2.24) is 5.32 Å². The predicted molar refractivity (Wildman–Crippen MR) is 110 cm³/mol. The summed E-state index contributed by atoms with van der Waals surface area (Å²) >= 11 is 0. The van der Waals surface area contributed by atoms with E-state index in [2.05, 4.69) is 5.32 Å². The van der Waals surface area contributed by atoms with Crippen molar-refractivity contribution in [2.45, 2.75) is 50.1 Å². The summed E-state index contributed by atoms with van der Waals surface area (Å²) in [6, 6.07) is 7.84. The van der Waals surface area contributed by atoms with Crippen LogP contribution in [0.2, 0.25) is 0 Å². The highest BCUT2D eigenvalue weighted by molar-refractivity contribution is 5.85. The number of halogens is 3. The van der Waals surface area contributed by atoms with Crippen LogP contribution in [0.5, 0.6) is 11.5 Å². The molecule has 0 saturated heterocycles. The van der Waals surface area contributed by atoms with Crippen LogP contribution < -0.4 is 14.8 Å². The maximum atomic E-state index is 13.4. The molecule has 164 valence electrons. The van der Waals surface area contributed by atoms with Gasteiger partial charge in [0.2, 0.25) is 0 Å². The zero-order valence-corrected chi connectivity index (χ0v) is 16.8. The van der Waals surface area contributed by atoms with Crippen LogP contribution in [0.1, 0.15) is 29.5 Å². The lowest BCUT2D eigenvalue weighted by Crippen LogP contribution is -2.46. The largest absolute Gasteiger partial charge is 0.487 e. The second-order valence-corrected chi connectivity index (χ2v) is 7.20. The molecule has 2 aliphatic rings. The minimum Gasteiger partial charge on any atom is -0.487 e. The van der Waals surface area contributed by atoms with Crippen LogP contribution >= 0.6 is 12.4 Å². The van der Waals surface area contributed by atoms with E-state index in [0.717, 1.165) is 0 Å². The molecule has 0 bridgehead atoms. The Kier molecular flexibility index (Phi) is 5.86. The minimum absolute atomic E-state index is 0. The van der Waals surface area contributed by atoms with E-state index in [1.165, 1.54) is 36.4 Å². The van der Waals surface area contributed by atoms with Crippen molar-refractivity contribution < 1.29 is 34.0 Å². The third-order valence-corrected chi connectivity index (χ3v) is 5.14. The van der Waals surface area contributed by atoms with E-state index >= 15 is 0 Å². The van der Waals surface area contributed by atoms with Crippen LogP contribution in [0.25, 0.3) is 0 Å². The summed E-state index contributed by atoms with van der Waals surface area (Å²) in [4.78, 5) is 0. The highest BCUT2D eigenvalue weighted by Crippen LogP contribution is 2.30. The Hall–Kier alpha value is -1.93. The zero-order valence-electron chi connectivity index (χ0n) is 20.0. The van der Waals surface area contributed by atoms with Crippen LogP contribution in [-0.2, 0) is 12.8 Å². The summed E-state index contributed by atoms with van der Waals surface area (Å²) in [6.45, 7) is -5.36. The fourth-order valence-electron chi connectivity index (χ4n) is 3.58. The van der Waals surface area contributed by atoms with Crippen LogP contribution in [0.4, 0.5) is 8.78 Å². The second kappa shape index (κ2) is 9.92. The number of aliphatic hydroxyl groups is 2. The quantitative estimate of drug-likeness (QED) is 0.638. The topological polar surface area (TPSA) is 71.0 Å². The lowest BCUT2D eigenvalue weighted by Gasteiger charge is -2.31. The summed E-state index contributed by atoms with van der Waals surface area (Å²) in [7, 11) is 0. The van der Waals surface area contributed by atoms with Crippen molar-refractivity contribution in [3.63, 3.8) is 0 Å². The molecule has 4 atom stereocenters. The number of benzene rings is 2. The maximum Gasteiger partial charge on any atom is 0.126 e. The van der Waals surface area contributed by atoms with Gasteiger partial charge in [0.15, 0.2) is 0 Å². The Morgan fingerprint density at radius 2 is 1.33 bits per heavy atom. The first kappa shape index (κ1) is 17.7. The van der Waals surface area contributed by atoms with E-state index in [1.807, 2.05) is 0 Å². The van der Waals surface area contributed by atoms with Gasteiger partial charge < -0.3 is 25.0 Å². The molecular weight excluding hydrogens is 416 g/mol. The third kappa shape index (κ3) is 5.21. The molecule has 0 radical (unpaired) electrons. The second-order valence-electron chi connectivity index (χ2n) is 7.20. The first-order valence-electron chi connectivity index (χ1n) is 11.5. The average molecular weight is 446 g/mol. The van der Waals surface area contributed by atoms with Gasteiger partial charge in [0, 0.05) is 18.5 Å². The molecule has 5 nitrogen and oxygen atoms in total. The Morgan fingerprint density at radius 1 is 0.900 bits per heavy atom. The van der Waals surface area contributed by atoms with E-state index in [1.54, 1.807) is 0 Å². The minimum atomic E-state index is -2.68. The molecule has 8 heteroatoms. The Labute approximate surface area is 186 Å². The van der Waals surface area contributed by atoms with Crippen molar-refractivity contribution in [3.05, 3.63) is 59.2 Å². The Morgan fingerprint density at radius 3 is 1.77 bits per heavy atom. The van der Waals surface area contributed by atoms with Crippen LogP contribution in [-0.4, -0.2) is 47.6 Å². The molecule has 3 N–H and O–H groups in total. The van der Waals surface area contributed by atoms with Gasteiger partial charge in [-0.15, -0.1) is 12.4 Å². The predicted octanol–water partition coefficient (Wildman–Crippen LogP) is 2.79. The van der Waals surface area contributed by atoms with E-state index in [0.29, 0.717) is 35.5 Å². The van der Waals surface area contributed by atoms with Crippen molar-refractivity contribution in [3.8, 4) is 11.5 Å². The number of hydrogen-bond donors (Lipinski definition) is 3. The number of fused-ring (bicyclic) bond motifs is 2. The van der Waals surface area contributed by atoms with Gasteiger partial charge in [-0.25, -0.2) is 8.78 Å². The number of aliphatic hydroxyl groups excluding tert-OH is 2. The van der Waals surface area contributed by atoms with Crippen molar-refractivity contribution >= 4 is 12.4 Å². The van der Waals surface area contributed by atoms with Gasteiger partial charge in [-0.3, -0.25) is 0 Å². The van der Waals surface area contributed by atoms with E-state index in [9.17, 15) is 19.0 Å². The van der Waals surface area contributed by atoms with Crippen LogP contribution in [0.15, 0.2) is 36.4 Å². The molecule has 0 amide bonds. The maximum absolute atomic E-state index is 13.4. The van der Waals surface area contributed by atoms with Crippen LogP contribution in [0.3, 0.4) is 0 Å². The molecule has 4 unspecified atom stereocenters. The fourth-order valence-corrected chi connectivity index (χ4v) is 3.58. The molecule has 2 aromatic carbocycles. The summed E-state index contributed by atoms with van der Waals surface area (Å²) in [5.74, 6) is -0.186. The first-order chi connectivity index (χ1) is 15.5. The number of ether oxygens (including phenoxy) is 2. The van der Waals surface area contributed by atoms with Gasteiger partial charge in [0.25, 0.3) is 0 Å². The Bertz CT molecular complexity index is 953. The van der Waals surface area contributed by atoms with Gasteiger partial charge in [0.05, 0.1) is 0 Å². The van der Waals surface area contributed by atoms with Gasteiger partial charge in [0.1, 0.15) is 47.5 Å². The molecule has 30 heavy (non-hydrogen) atoms. The van der Waals surface area contributed by atoms with Gasteiger partial charge in [-0.05, 0) is 73.2 Å². The monoisotopic (exact) mass is 445 g/mol. The Balaban J connectivity index is 0.00000324. The molecule has 0 spiro atoms. The van der Waals surface area contributed by atoms with E-state index in [-0.39, 0.29) is 25.2 Å². The fraction of sp³-hybridized carbons (Fsp3) is 0.455. The van der Waals surface area contributed by atoms with Crippen molar-refractivity contribution in [2.75, 3.05) is 13.0 Å². The van der Waals surface area contributed by atoms with Crippen molar-refractivity contribution in [1.29, 1.82) is 0 Å². The molecule has 0 aliphatic carbocycles. The molecule has 2 aromatic rings. The SMILES string of the molecule is Cl.[2H]C([2H])(NC([2H])([2H])C(O)C1CCc2cc(F)ccc2O1)C(O)C1CCc2cc(F)ccc2O1. The third-order valence-electron chi connectivity index (χ3n) is 5.14. The van der Waals surface area contributed by atoms with E-state index < -0.39 is 49.0 Å². The standard InChI is InChI=1S/C22H25F2NO4.ClH/c23-15-3-7-19-13(9-15)1-5-21(28-19)17(26)11-25-12-18(27)22-6-2-14-10-16(24)4-8-20(14)29-22;/h3-4,7-10,17-18,21-22,25-27H,1-2,5-6,11-12H2;1H/i11D2,12D2;. The summed E-state index contributed by atoms with van der Waals surface area (Å²) < 4.78 is 70.9. The van der Waals surface area contributed by atoms with Gasteiger partial charge in [-0.1, -0.05) is 0 Å². The molecule has 4 rings (SSSR count). The lowest BCUT2D eigenvalue weighted by atomic mass is 9.98. The van der Waals surface area contributed by atoms with Crippen molar-refractivity contribution in [2.24, 2.45) is 0 Å². The molecule has 0 fully saturated rings. The number of nitrogens with one attached hydrogen (secondary N) is 1. The van der Waals surface area contributed by atoms with Crippen LogP contribution in [0, 0.1) is 11.6 Å². The first-order valence-corrected chi connectivity index (χ1v) is 9.52. The molecular formula is C22H26ClF2NO4. The summed E-state index contributed by atoms with van der Waals surface area (Å²) in [5.41, 5.74) is 1.21. The number of aryl methyl sites for hydroxylation is 2. The van der Waals surface area contributed by atoms with E-state index in [4.69, 9.17) is 15.0 Å². The lowest BCUT2D eigenvalue weighted by molar-refractivity contribution is 0.00892. The summed E-state index contributed by atoms with van der Waals surface area (Å²) in [5, 5.41) is 23.4. The average Bonchev–Trinajstić information content (AvgIpc) is 2.76. The molecule has 0 aromatic heterocycles. The highest BCUT2D eigenvalue weighted by Gasteiger charge is 2.29. The smallest absolute Gasteiger partial charge is 0.126 e. The molecule has 2 heterocycles. The summed E-state index contributed by atoms with van der Waals surface area (Å²) in [6.07, 6.45) is -4.47.